The third-order valence-corrected chi connectivity index (χ3v) is 24.4. The second-order valence-corrected chi connectivity index (χ2v) is 37.4. The molecule has 0 fully saturated rings. The minimum absolute atomic E-state index is 0.0299. The molecule has 0 spiro atoms. The first-order valence-electron chi connectivity index (χ1n) is 49.1. The zero-order valence-electron chi connectivity index (χ0n) is 85.8. The van der Waals surface area contributed by atoms with Crippen molar-refractivity contribution in [3.8, 4) is 90.0 Å². The minimum Gasteiger partial charge on any atom is -0.311 e. The fourth-order valence-corrected chi connectivity index (χ4v) is 17.9. The molecule has 18 aromatic rings. The molecular weight excluding hydrogens is 1470 g/mol. The molecule has 590 valence electrons. The Balaban J connectivity index is 1.02. The molecule has 0 N–H and O–H groups in total. The maximum absolute atomic E-state index is 9.90. The average molecular weight is 1580 g/mol. The van der Waals surface area contributed by atoms with Crippen molar-refractivity contribution in [2.45, 2.75) is 131 Å². The number of rotatable bonds is 11. The van der Waals surface area contributed by atoms with E-state index in [1.54, 1.807) is 6.07 Å². The van der Waals surface area contributed by atoms with Crippen LogP contribution in [0.5, 0.6) is 0 Å². The summed E-state index contributed by atoms with van der Waals surface area (Å²) in [4.78, 5) is 20.3. The number of nitrogens with zero attached hydrogens (tertiary/aromatic N) is 7. The highest BCUT2D eigenvalue weighted by atomic mass is 15.2. The van der Waals surface area contributed by atoms with Gasteiger partial charge in [0.1, 0.15) is 0 Å². The van der Waals surface area contributed by atoms with Gasteiger partial charge in [-0.3, -0.25) is 0 Å². The average Bonchev–Trinajstić information content (AvgIpc) is 1.03. The lowest BCUT2D eigenvalue weighted by molar-refractivity contribution is 0.590. The van der Waals surface area contributed by atoms with E-state index in [0.717, 1.165) is 122 Å². The van der Waals surface area contributed by atoms with Crippen molar-refractivity contribution in [2.24, 2.45) is 0 Å². The summed E-state index contributed by atoms with van der Waals surface area (Å²) in [5, 5.41) is 4.24. The topological polar surface area (TPSA) is 55.0 Å². The Morgan fingerprint density at radius 3 is 1.11 bits per heavy atom. The van der Waals surface area contributed by atoms with Crippen LogP contribution >= 0.6 is 0 Å². The van der Waals surface area contributed by atoms with Crippen LogP contribution in [0.15, 0.2) is 333 Å². The monoisotopic (exact) mass is 1580 g/mol. The van der Waals surface area contributed by atoms with Gasteiger partial charge in [0.2, 0.25) is 0 Å². The van der Waals surface area contributed by atoms with Gasteiger partial charge in [-0.25, -0.2) is 15.0 Å². The standard InChI is InChI=1S/C113H100BN7/c1-109(2,3)79-48-56-96-88(62-79)89-63-80(110(4,5)6)49-57-97(89)118(96)84-52-53-93-101(68-84)120(95-54-46-77(71-34-22-16-23-35-71)60-86(95)73-38-26-18-27-39-73)102-69-85(119-98-58-50-81(111(7,8)9)64-90(98)91-65-82(112(10,11)12)51-59-99(91)119)70-103-104(102)114(93)94-61-78(72-36-24-17-25-37-72)47-55-100(94)121(103)105-87(74-40-28-19-29-41-74)66-83(113(13,14)15)67-92(105)108-116-106(75-42-30-20-31-43-75)115-107(117-108)76-44-32-21-33-45-76/h16-70H,1-15H3/i17D,20D,21D,24D,25D,30D,31D,32D,33D,36D,37D,42D,43D,44D,45D. The summed E-state index contributed by atoms with van der Waals surface area (Å²) in [6, 6.07) is 76.6. The van der Waals surface area contributed by atoms with Crippen LogP contribution in [0.3, 0.4) is 0 Å². The molecular formula is C113H100BN7. The number of aromatic nitrogens is 5. The van der Waals surface area contributed by atoms with Crippen LogP contribution in [0.25, 0.3) is 134 Å². The number of hydrogen-bond donors (Lipinski definition) is 0. The molecule has 8 heteroatoms. The molecule has 2 aliphatic heterocycles. The summed E-state index contributed by atoms with van der Waals surface area (Å²) in [6.07, 6.45) is 0. The number of anilines is 6. The Morgan fingerprint density at radius 2 is 0.645 bits per heavy atom. The lowest BCUT2D eigenvalue weighted by Gasteiger charge is -2.46. The van der Waals surface area contributed by atoms with Crippen LogP contribution < -0.4 is 26.2 Å². The second kappa shape index (κ2) is 28.7. The molecule has 7 nitrogen and oxygen atoms in total. The number of benzene rings is 15. The van der Waals surface area contributed by atoms with Gasteiger partial charge in [-0.1, -0.05) is 334 Å². The first kappa shape index (κ1) is 61.0. The van der Waals surface area contributed by atoms with Crippen molar-refractivity contribution >= 4 is 101 Å². The van der Waals surface area contributed by atoms with Crippen LogP contribution in [-0.2, 0) is 27.1 Å². The molecule has 0 saturated heterocycles. The largest absolute Gasteiger partial charge is 0.311 e. The lowest BCUT2D eigenvalue weighted by Crippen LogP contribution is -2.61. The molecule has 0 saturated carbocycles. The van der Waals surface area contributed by atoms with Gasteiger partial charge in [-0.15, -0.1) is 0 Å². The van der Waals surface area contributed by atoms with Gasteiger partial charge in [0.05, 0.1) is 59.7 Å². The molecule has 20 rings (SSSR count). The van der Waals surface area contributed by atoms with E-state index in [1.165, 1.54) is 11.1 Å². The fourth-order valence-electron chi connectivity index (χ4n) is 17.9. The van der Waals surface area contributed by atoms with Crippen molar-refractivity contribution in [3.05, 3.63) is 361 Å². The Morgan fingerprint density at radius 1 is 0.256 bits per heavy atom. The zero-order chi connectivity index (χ0) is 96.4. The van der Waals surface area contributed by atoms with Crippen molar-refractivity contribution < 1.29 is 20.6 Å². The van der Waals surface area contributed by atoms with E-state index in [-0.39, 0.29) is 38.6 Å². The minimum atomic E-state index is -0.830. The lowest BCUT2D eigenvalue weighted by atomic mass is 9.33. The highest BCUT2D eigenvalue weighted by Crippen LogP contribution is 2.55. The summed E-state index contributed by atoms with van der Waals surface area (Å²) in [5.74, 6) is -1.11. The summed E-state index contributed by atoms with van der Waals surface area (Å²) in [6.45, 7) is 32.3. The van der Waals surface area contributed by atoms with Crippen LogP contribution in [0.1, 0.15) is 152 Å². The van der Waals surface area contributed by atoms with Crippen LogP contribution in [0.4, 0.5) is 34.1 Å². The van der Waals surface area contributed by atoms with E-state index in [0.29, 0.717) is 39.2 Å². The van der Waals surface area contributed by atoms with Gasteiger partial charge in [0.15, 0.2) is 17.5 Å². The first-order valence-corrected chi connectivity index (χ1v) is 41.6. The Kier molecular flexibility index (Phi) is 14.4. The first-order chi connectivity index (χ1) is 64.4. The Hall–Kier alpha value is -13.4. The highest BCUT2D eigenvalue weighted by molar-refractivity contribution is 7.00. The molecule has 15 aromatic carbocycles. The van der Waals surface area contributed by atoms with Crippen LogP contribution in [0.2, 0.25) is 0 Å². The van der Waals surface area contributed by atoms with Gasteiger partial charge in [-0.05, 0) is 208 Å². The molecule has 0 amide bonds. The molecule has 0 bridgehead atoms. The predicted molar refractivity (Wildman–Crippen MR) is 514 cm³/mol. The van der Waals surface area contributed by atoms with E-state index in [4.69, 9.17) is 19.1 Å². The van der Waals surface area contributed by atoms with E-state index in [9.17, 15) is 16.4 Å². The van der Waals surface area contributed by atoms with Gasteiger partial charge >= 0.3 is 0 Å². The van der Waals surface area contributed by atoms with E-state index < -0.39 is 126 Å². The predicted octanol–water partition coefficient (Wildman–Crippen LogP) is 28.3. The molecule has 5 heterocycles. The Labute approximate surface area is 733 Å². The van der Waals surface area contributed by atoms with Gasteiger partial charge < -0.3 is 18.9 Å². The maximum Gasteiger partial charge on any atom is 0.252 e. The van der Waals surface area contributed by atoms with Crippen molar-refractivity contribution in [2.75, 3.05) is 9.80 Å². The molecule has 0 aliphatic carbocycles. The normalized spacial score (nSPS) is 14.8. The SMILES string of the molecule is [2H]c1c([2H])c([2H])c(-c2ccc3c(c2)B2c4ccc(-n5c6ccc(C(C)(C)C)cc6c6cc(C(C)(C)C)ccc65)cc4N(c4ccc(-c5ccccc5)cc4-c4ccccc4)c4cc(-n5c6ccc(C(C)(C)C)cc6c6cc(C(C)(C)C)ccc65)cc(c42)N3c2c(-c3ccccc3)cc(C(C)(C)C)cc2-c2nc(-c3c([2H])c([2H])c([2H])c([2H])c3[2H])nc(-c3c([2H])c([2H])c([2H])c([2H])c3[2H])n2)c([2H])c1[2H]. The molecule has 2 aliphatic rings. The van der Waals surface area contributed by atoms with Gasteiger partial charge in [-0.2, -0.15) is 0 Å². The summed E-state index contributed by atoms with van der Waals surface area (Å²) in [5.41, 5.74) is 19.9. The van der Waals surface area contributed by atoms with Crippen molar-refractivity contribution in [3.63, 3.8) is 0 Å². The van der Waals surface area contributed by atoms with Crippen LogP contribution in [0, 0.1) is 0 Å². The quantitative estimate of drug-likeness (QED) is 0.121. The maximum atomic E-state index is 9.90. The molecule has 3 aromatic heterocycles. The third-order valence-electron chi connectivity index (χ3n) is 24.4. The van der Waals surface area contributed by atoms with Crippen molar-refractivity contribution in [1.29, 1.82) is 0 Å². The van der Waals surface area contributed by atoms with E-state index in [1.807, 2.05) is 60.7 Å². The summed E-state index contributed by atoms with van der Waals surface area (Å²) in [7, 11) is 0. The van der Waals surface area contributed by atoms with Gasteiger partial charge in [0, 0.05) is 77.8 Å². The Bertz CT molecular complexity index is 7820. The number of fused-ring (bicyclic) bond motifs is 10. The smallest absolute Gasteiger partial charge is 0.252 e. The fraction of sp³-hybridized carbons (Fsp3) is 0.177. The molecule has 0 radical (unpaired) electrons. The summed E-state index contributed by atoms with van der Waals surface area (Å²) >= 11 is 0. The molecule has 0 unspecified atom stereocenters. The highest BCUT2D eigenvalue weighted by Gasteiger charge is 2.46. The third kappa shape index (κ3) is 13.3. The number of hydrogen-bond acceptors (Lipinski definition) is 5. The van der Waals surface area contributed by atoms with E-state index >= 15 is 0 Å². The van der Waals surface area contributed by atoms with Gasteiger partial charge in [0.25, 0.3) is 6.71 Å². The van der Waals surface area contributed by atoms with Crippen molar-refractivity contribution in [1.82, 2.24) is 24.1 Å². The zero-order valence-corrected chi connectivity index (χ0v) is 70.8. The molecule has 0 atom stereocenters. The summed E-state index contributed by atoms with van der Waals surface area (Å²) < 4.78 is 146. The van der Waals surface area contributed by atoms with E-state index in [2.05, 4.69) is 299 Å². The molecule has 121 heavy (non-hydrogen) atoms. The second-order valence-electron chi connectivity index (χ2n) is 37.4. The van der Waals surface area contributed by atoms with Crippen LogP contribution in [-0.4, -0.2) is 30.8 Å².